The van der Waals surface area contributed by atoms with Crippen LogP contribution < -0.4 is 4.90 Å². The van der Waals surface area contributed by atoms with Crippen LogP contribution in [0.2, 0.25) is 0 Å². The zero-order chi connectivity index (χ0) is 19.6. The number of hydrogen-bond acceptors (Lipinski definition) is 7. The van der Waals surface area contributed by atoms with Crippen LogP contribution in [-0.2, 0) is 6.54 Å². The highest BCUT2D eigenvalue weighted by Crippen LogP contribution is 2.26. The Hall–Kier alpha value is -3.86. The van der Waals surface area contributed by atoms with Crippen molar-refractivity contribution in [3.05, 3.63) is 59.9 Å². The molecule has 0 unspecified atom stereocenters. The molecule has 0 atom stereocenters. The van der Waals surface area contributed by atoms with Gasteiger partial charge in [0.2, 0.25) is 5.95 Å². The summed E-state index contributed by atoms with van der Waals surface area (Å²) in [5.74, 6) is 2.49. The van der Waals surface area contributed by atoms with Gasteiger partial charge in [0.25, 0.3) is 0 Å². The van der Waals surface area contributed by atoms with Gasteiger partial charge in [0, 0.05) is 31.0 Å². The second-order valence-corrected chi connectivity index (χ2v) is 6.97. The van der Waals surface area contributed by atoms with E-state index in [4.69, 9.17) is 10.3 Å². The summed E-state index contributed by atoms with van der Waals surface area (Å²) < 4.78 is 2.15. The molecule has 0 saturated carbocycles. The van der Waals surface area contributed by atoms with Gasteiger partial charge in [-0.15, -0.1) is 10.2 Å². The molecule has 2 aliphatic rings. The van der Waals surface area contributed by atoms with Crippen LogP contribution in [-0.4, -0.2) is 50.9 Å². The van der Waals surface area contributed by atoms with E-state index in [-0.39, 0.29) is 0 Å². The molecule has 0 aliphatic carbocycles. The van der Waals surface area contributed by atoms with Gasteiger partial charge in [-0.25, -0.2) is 4.99 Å². The monoisotopic (exact) mass is 382 g/mol. The predicted octanol–water partition coefficient (Wildman–Crippen LogP) is 2.32. The minimum atomic E-state index is 0.535. The van der Waals surface area contributed by atoms with Crippen LogP contribution in [0, 0.1) is 11.3 Å². The number of anilines is 1. The summed E-state index contributed by atoms with van der Waals surface area (Å²) in [5, 5.41) is 18.0. The first kappa shape index (κ1) is 17.3. The van der Waals surface area contributed by atoms with Gasteiger partial charge in [-0.1, -0.05) is 12.1 Å². The van der Waals surface area contributed by atoms with E-state index in [1.165, 1.54) is 0 Å². The van der Waals surface area contributed by atoms with Crippen LogP contribution in [0.3, 0.4) is 0 Å². The van der Waals surface area contributed by atoms with Crippen LogP contribution in [0.1, 0.15) is 17.5 Å². The molecule has 5 rings (SSSR count). The highest BCUT2D eigenvalue weighted by molar-refractivity contribution is 6.13. The Bertz CT molecular complexity index is 1150. The third-order valence-electron chi connectivity index (χ3n) is 5.09. The molecule has 8 heteroatoms. The number of fused-ring (bicyclic) bond motifs is 1. The Morgan fingerprint density at radius 3 is 2.79 bits per heavy atom. The molecule has 0 amide bonds. The van der Waals surface area contributed by atoms with E-state index in [2.05, 4.69) is 35.7 Å². The quantitative estimate of drug-likeness (QED) is 0.690. The van der Waals surface area contributed by atoms with E-state index < -0.39 is 0 Å². The van der Waals surface area contributed by atoms with Crippen molar-refractivity contribution in [3.63, 3.8) is 0 Å². The van der Waals surface area contributed by atoms with Crippen LogP contribution in [0.25, 0.3) is 11.4 Å². The summed E-state index contributed by atoms with van der Waals surface area (Å²) in [6.45, 7) is 2.91. The molecule has 0 bridgehead atoms. The normalized spacial score (nSPS) is 15.5. The highest BCUT2D eigenvalue weighted by Gasteiger charge is 2.25. The molecule has 3 aromatic rings. The fourth-order valence-electron chi connectivity index (χ4n) is 3.69. The number of pyridine rings is 1. The van der Waals surface area contributed by atoms with Gasteiger partial charge in [-0.05, 0) is 36.2 Å². The molecular weight excluding hydrogens is 364 g/mol. The third kappa shape index (κ3) is 3.27. The van der Waals surface area contributed by atoms with Gasteiger partial charge < -0.3 is 4.90 Å². The molecular formula is C21H18N8. The first-order valence-corrected chi connectivity index (χ1v) is 9.52. The number of aliphatic imine (C=N–C) groups is 2. The molecule has 0 N–H and O–H groups in total. The molecule has 4 heterocycles. The van der Waals surface area contributed by atoms with Crippen LogP contribution in [0.15, 0.2) is 58.8 Å². The minimum absolute atomic E-state index is 0.535. The zero-order valence-corrected chi connectivity index (χ0v) is 15.7. The smallest absolute Gasteiger partial charge is 0.227 e. The SMILES string of the molecule is N#Cc1cccc(C2=NC(CN3CCCn4c(-c5ccncc5)nnc43)=NC2)c1. The molecule has 8 nitrogen and oxygen atoms in total. The predicted molar refractivity (Wildman–Crippen MR) is 110 cm³/mol. The summed E-state index contributed by atoms with van der Waals surface area (Å²) in [6.07, 6.45) is 4.54. The molecule has 142 valence electrons. The molecule has 0 fully saturated rings. The van der Waals surface area contributed by atoms with Crippen molar-refractivity contribution in [3.8, 4) is 17.5 Å². The molecule has 0 spiro atoms. The van der Waals surface area contributed by atoms with Crippen LogP contribution in [0.4, 0.5) is 5.95 Å². The number of rotatable bonds is 4. The zero-order valence-electron chi connectivity index (χ0n) is 15.7. The fourth-order valence-corrected chi connectivity index (χ4v) is 3.69. The van der Waals surface area contributed by atoms with E-state index in [9.17, 15) is 0 Å². The van der Waals surface area contributed by atoms with Gasteiger partial charge in [-0.3, -0.25) is 14.5 Å². The molecule has 29 heavy (non-hydrogen) atoms. The molecule has 0 radical (unpaired) electrons. The largest absolute Gasteiger partial charge is 0.333 e. The number of nitrogens with zero attached hydrogens (tertiary/aromatic N) is 8. The number of aromatic nitrogens is 4. The third-order valence-corrected chi connectivity index (χ3v) is 5.09. The average Bonchev–Trinajstić information content (AvgIpc) is 3.42. The molecule has 1 aromatic carbocycles. The van der Waals surface area contributed by atoms with Crippen molar-refractivity contribution in [1.29, 1.82) is 5.26 Å². The molecule has 2 aliphatic heterocycles. The molecule has 2 aromatic heterocycles. The summed E-state index contributed by atoms with van der Waals surface area (Å²) in [6, 6.07) is 13.6. The van der Waals surface area contributed by atoms with Crippen molar-refractivity contribution in [2.45, 2.75) is 13.0 Å². The Morgan fingerprint density at radius 2 is 1.93 bits per heavy atom. The van der Waals surface area contributed by atoms with Crippen molar-refractivity contribution < 1.29 is 0 Å². The second kappa shape index (κ2) is 7.28. The summed E-state index contributed by atoms with van der Waals surface area (Å²) >= 11 is 0. The topological polar surface area (TPSA) is 95.3 Å². The van der Waals surface area contributed by atoms with Gasteiger partial charge >= 0.3 is 0 Å². The van der Waals surface area contributed by atoms with E-state index in [0.717, 1.165) is 54.0 Å². The van der Waals surface area contributed by atoms with E-state index in [0.29, 0.717) is 18.7 Å². The summed E-state index contributed by atoms with van der Waals surface area (Å²) in [5.41, 5.74) is 3.49. The lowest BCUT2D eigenvalue weighted by molar-refractivity contribution is 0.575. The van der Waals surface area contributed by atoms with Crippen molar-refractivity contribution >= 4 is 17.5 Å². The van der Waals surface area contributed by atoms with E-state index in [1.807, 2.05) is 30.3 Å². The second-order valence-electron chi connectivity index (χ2n) is 6.97. The van der Waals surface area contributed by atoms with Gasteiger partial charge in [0.1, 0.15) is 5.84 Å². The first-order valence-electron chi connectivity index (χ1n) is 9.52. The molecule has 0 saturated heterocycles. The van der Waals surface area contributed by atoms with Gasteiger partial charge in [-0.2, -0.15) is 5.26 Å². The number of hydrogen-bond donors (Lipinski definition) is 0. The lowest BCUT2D eigenvalue weighted by atomic mass is 10.1. The Labute approximate surface area is 167 Å². The average molecular weight is 382 g/mol. The maximum absolute atomic E-state index is 9.11. The summed E-state index contributed by atoms with van der Waals surface area (Å²) in [7, 11) is 0. The van der Waals surface area contributed by atoms with Crippen molar-refractivity contribution in [1.82, 2.24) is 19.7 Å². The number of amidine groups is 1. The Morgan fingerprint density at radius 1 is 1.03 bits per heavy atom. The van der Waals surface area contributed by atoms with Crippen molar-refractivity contribution in [2.75, 3.05) is 24.5 Å². The first-order chi connectivity index (χ1) is 14.3. The maximum Gasteiger partial charge on any atom is 0.227 e. The minimum Gasteiger partial charge on any atom is -0.333 e. The van der Waals surface area contributed by atoms with E-state index >= 15 is 0 Å². The lowest BCUT2D eigenvalue weighted by Gasteiger charge is -2.28. The fraction of sp³-hybridized carbons (Fsp3) is 0.238. The van der Waals surface area contributed by atoms with Gasteiger partial charge in [0.15, 0.2) is 5.82 Å². The highest BCUT2D eigenvalue weighted by atomic mass is 15.4. The number of nitriles is 1. The number of benzene rings is 1. The van der Waals surface area contributed by atoms with Crippen molar-refractivity contribution in [2.24, 2.45) is 9.98 Å². The maximum atomic E-state index is 9.11. The Kier molecular flexibility index (Phi) is 4.33. The van der Waals surface area contributed by atoms with Gasteiger partial charge in [0.05, 0.1) is 30.4 Å². The Balaban J connectivity index is 1.37. The van der Waals surface area contributed by atoms with Crippen LogP contribution >= 0.6 is 0 Å². The lowest BCUT2D eigenvalue weighted by Crippen LogP contribution is -2.36. The standard InChI is InChI=1S/C21H18N8/c22-12-15-3-1-4-17(11-15)18-13-24-19(25-18)14-28-9-2-10-29-20(26-27-21(28)29)16-5-7-23-8-6-16/h1,3-8,11H,2,9-10,13-14H2. The summed E-state index contributed by atoms with van der Waals surface area (Å²) in [4.78, 5) is 15.6. The van der Waals surface area contributed by atoms with Crippen LogP contribution in [0.5, 0.6) is 0 Å². The van der Waals surface area contributed by atoms with E-state index in [1.54, 1.807) is 18.5 Å².